The number of nitrogens with one attached hydrogen (secondary N) is 1. The van der Waals surface area contributed by atoms with Gasteiger partial charge in [-0.25, -0.2) is 8.42 Å². The summed E-state index contributed by atoms with van der Waals surface area (Å²) in [5.74, 6) is 0. The zero-order valence-electron chi connectivity index (χ0n) is 12.1. The number of benzene rings is 1. The molecule has 0 aliphatic heterocycles. The van der Waals surface area contributed by atoms with E-state index in [9.17, 15) is 8.42 Å². The van der Waals surface area contributed by atoms with Crippen LogP contribution in [-0.4, -0.2) is 27.6 Å². The number of hydrogen-bond donors (Lipinski definition) is 2. The molecule has 0 aliphatic carbocycles. The summed E-state index contributed by atoms with van der Waals surface area (Å²) in [5.41, 5.74) is 2.54. The maximum absolute atomic E-state index is 12.3. The lowest BCUT2D eigenvalue weighted by atomic mass is 10.2. The van der Waals surface area contributed by atoms with Crippen LogP contribution in [0.3, 0.4) is 0 Å². The van der Waals surface area contributed by atoms with Crippen LogP contribution in [0.2, 0.25) is 0 Å². The molecule has 1 aromatic heterocycles. The average molecular weight is 326 g/mol. The molecule has 0 amide bonds. The van der Waals surface area contributed by atoms with Crippen molar-refractivity contribution in [2.75, 3.05) is 23.7 Å². The van der Waals surface area contributed by atoms with E-state index in [0.29, 0.717) is 10.6 Å². The van der Waals surface area contributed by atoms with Gasteiger partial charge in [0.2, 0.25) is 0 Å². The Kier molecular flexibility index (Phi) is 4.55. The Balaban J connectivity index is 2.30. The van der Waals surface area contributed by atoms with Gasteiger partial charge >= 0.3 is 0 Å². The molecule has 2 aromatic rings. The second kappa shape index (κ2) is 6.05. The lowest BCUT2D eigenvalue weighted by molar-refractivity contribution is 0.285. The van der Waals surface area contributed by atoms with Gasteiger partial charge in [0.15, 0.2) is 0 Å². The number of aryl methyl sites for hydroxylation is 1. The fourth-order valence-electron chi connectivity index (χ4n) is 1.95. The Morgan fingerprint density at radius 1 is 1.29 bits per heavy atom. The zero-order valence-corrected chi connectivity index (χ0v) is 13.8. The van der Waals surface area contributed by atoms with Crippen LogP contribution in [0.5, 0.6) is 0 Å². The van der Waals surface area contributed by atoms with E-state index >= 15 is 0 Å². The van der Waals surface area contributed by atoms with E-state index in [1.165, 1.54) is 22.8 Å². The smallest absolute Gasteiger partial charge is 0.262 e. The predicted molar refractivity (Wildman–Crippen MR) is 86.6 cm³/mol. The zero-order chi connectivity index (χ0) is 15.6. The first-order valence-corrected chi connectivity index (χ1v) is 8.69. The molecule has 0 fully saturated rings. The normalized spacial score (nSPS) is 11.4. The molecular formula is C14H18N2O3S2. The summed E-state index contributed by atoms with van der Waals surface area (Å²) in [4.78, 5) is 2.72. The van der Waals surface area contributed by atoms with E-state index < -0.39 is 10.0 Å². The first-order valence-electron chi connectivity index (χ1n) is 6.32. The van der Waals surface area contributed by atoms with Crippen LogP contribution in [0, 0.1) is 6.92 Å². The number of nitrogens with zero attached hydrogens (tertiary/aromatic N) is 1. The van der Waals surface area contributed by atoms with Crippen molar-refractivity contribution in [3.8, 4) is 0 Å². The topological polar surface area (TPSA) is 69.6 Å². The maximum atomic E-state index is 12.3. The van der Waals surface area contributed by atoms with Crippen LogP contribution in [0.15, 0.2) is 34.5 Å². The fraction of sp³-hybridized carbons (Fsp3) is 0.286. The number of sulfonamides is 1. The van der Waals surface area contributed by atoms with Gasteiger partial charge in [0.1, 0.15) is 0 Å². The quantitative estimate of drug-likeness (QED) is 0.885. The van der Waals surface area contributed by atoms with Crippen LogP contribution in [0.25, 0.3) is 0 Å². The summed E-state index contributed by atoms with van der Waals surface area (Å²) in [7, 11) is 0.192. The SMILES string of the molecule is Cc1ccc(NS(=O)(=O)c2csc(CO)c2)cc1N(C)C. The highest BCUT2D eigenvalue weighted by atomic mass is 32.2. The van der Waals surface area contributed by atoms with Gasteiger partial charge in [0.05, 0.1) is 17.2 Å². The molecule has 5 nitrogen and oxygen atoms in total. The molecule has 0 spiro atoms. The lowest BCUT2D eigenvalue weighted by Crippen LogP contribution is -2.14. The Hall–Kier alpha value is -1.57. The highest BCUT2D eigenvalue weighted by Crippen LogP contribution is 2.26. The predicted octanol–water partition coefficient (Wildman–Crippen LogP) is 2.42. The van der Waals surface area contributed by atoms with Gasteiger partial charge in [-0.3, -0.25) is 4.72 Å². The minimum Gasteiger partial charge on any atom is -0.391 e. The van der Waals surface area contributed by atoms with Crippen molar-refractivity contribution in [3.05, 3.63) is 40.1 Å². The third-order valence-electron chi connectivity index (χ3n) is 3.04. The van der Waals surface area contributed by atoms with Gasteiger partial charge in [-0.1, -0.05) is 6.07 Å². The molecule has 114 valence electrons. The molecule has 0 atom stereocenters. The van der Waals surface area contributed by atoms with Crippen LogP contribution >= 0.6 is 11.3 Å². The van der Waals surface area contributed by atoms with Crippen LogP contribution in [-0.2, 0) is 16.6 Å². The third-order valence-corrected chi connectivity index (χ3v) is 5.47. The van der Waals surface area contributed by atoms with Crippen molar-refractivity contribution in [3.63, 3.8) is 0 Å². The van der Waals surface area contributed by atoms with E-state index in [2.05, 4.69) is 4.72 Å². The van der Waals surface area contributed by atoms with Gasteiger partial charge in [-0.05, 0) is 30.7 Å². The molecule has 0 saturated heterocycles. The van der Waals surface area contributed by atoms with Gasteiger partial charge in [-0.15, -0.1) is 11.3 Å². The summed E-state index contributed by atoms with van der Waals surface area (Å²) in [5, 5.41) is 10.5. The molecule has 0 saturated carbocycles. The van der Waals surface area contributed by atoms with Crippen molar-refractivity contribution in [2.45, 2.75) is 18.4 Å². The summed E-state index contributed by atoms with van der Waals surface area (Å²) < 4.78 is 27.2. The standard InChI is InChI=1S/C14H18N2O3S2/c1-10-4-5-11(6-14(10)16(2)3)15-21(18,19)13-7-12(8-17)20-9-13/h4-7,9,15,17H,8H2,1-3H3. The van der Waals surface area contributed by atoms with Crippen molar-refractivity contribution >= 4 is 32.7 Å². The van der Waals surface area contributed by atoms with E-state index in [0.717, 1.165) is 11.3 Å². The number of aliphatic hydroxyl groups is 1. The number of aliphatic hydroxyl groups excluding tert-OH is 1. The van der Waals surface area contributed by atoms with Crippen LogP contribution in [0.4, 0.5) is 11.4 Å². The molecule has 1 heterocycles. The van der Waals surface area contributed by atoms with E-state index in [1.807, 2.05) is 32.0 Å². The van der Waals surface area contributed by atoms with E-state index in [4.69, 9.17) is 5.11 Å². The van der Waals surface area contributed by atoms with Crippen LogP contribution in [0.1, 0.15) is 10.4 Å². The largest absolute Gasteiger partial charge is 0.391 e. The second-order valence-electron chi connectivity index (χ2n) is 4.91. The summed E-state index contributed by atoms with van der Waals surface area (Å²) in [6.07, 6.45) is 0. The second-order valence-corrected chi connectivity index (χ2v) is 7.59. The first-order chi connectivity index (χ1) is 9.83. The molecule has 0 unspecified atom stereocenters. The van der Waals surface area contributed by atoms with Gasteiger partial charge in [-0.2, -0.15) is 0 Å². The number of hydrogen-bond acceptors (Lipinski definition) is 5. The minimum absolute atomic E-state index is 0.157. The van der Waals surface area contributed by atoms with Crippen molar-refractivity contribution in [2.24, 2.45) is 0 Å². The van der Waals surface area contributed by atoms with E-state index in [-0.39, 0.29) is 11.5 Å². The van der Waals surface area contributed by atoms with Crippen molar-refractivity contribution < 1.29 is 13.5 Å². The lowest BCUT2D eigenvalue weighted by Gasteiger charge is -2.17. The molecule has 0 radical (unpaired) electrons. The summed E-state index contributed by atoms with van der Waals surface area (Å²) in [6, 6.07) is 6.89. The molecule has 1 aromatic carbocycles. The molecule has 21 heavy (non-hydrogen) atoms. The molecule has 0 bridgehead atoms. The van der Waals surface area contributed by atoms with Crippen LogP contribution < -0.4 is 9.62 Å². The molecule has 2 rings (SSSR count). The first kappa shape index (κ1) is 15.8. The third kappa shape index (κ3) is 3.55. The highest BCUT2D eigenvalue weighted by molar-refractivity contribution is 7.92. The summed E-state index contributed by atoms with van der Waals surface area (Å²) in [6.45, 7) is 1.81. The Morgan fingerprint density at radius 2 is 2.00 bits per heavy atom. The number of anilines is 2. The maximum Gasteiger partial charge on any atom is 0.262 e. The number of thiophene rings is 1. The van der Waals surface area contributed by atoms with Crippen molar-refractivity contribution in [1.82, 2.24) is 0 Å². The Labute approximate surface area is 128 Å². The monoisotopic (exact) mass is 326 g/mol. The Bertz CT molecular complexity index is 736. The highest BCUT2D eigenvalue weighted by Gasteiger charge is 2.17. The minimum atomic E-state index is -3.63. The van der Waals surface area contributed by atoms with Gasteiger partial charge in [0, 0.05) is 30.0 Å². The van der Waals surface area contributed by atoms with Gasteiger partial charge in [0.25, 0.3) is 10.0 Å². The van der Waals surface area contributed by atoms with E-state index in [1.54, 1.807) is 12.1 Å². The van der Waals surface area contributed by atoms with Crippen molar-refractivity contribution in [1.29, 1.82) is 0 Å². The number of rotatable bonds is 5. The molecule has 0 aliphatic rings. The Morgan fingerprint density at radius 3 is 2.57 bits per heavy atom. The molecule has 2 N–H and O–H groups in total. The average Bonchev–Trinajstić information content (AvgIpc) is 2.90. The molecular weight excluding hydrogens is 308 g/mol. The summed E-state index contributed by atoms with van der Waals surface area (Å²) >= 11 is 1.22. The van der Waals surface area contributed by atoms with Gasteiger partial charge < -0.3 is 10.0 Å². The molecule has 7 heteroatoms. The fourth-order valence-corrected chi connectivity index (χ4v) is 4.14.